The number of alkyl halides is 1. The topological polar surface area (TPSA) is 43.8 Å². The van der Waals surface area contributed by atoms with E-state index in [9.17, 15) is 9.90 Å². The van der Waals surface area contributed by atoms with E-state index in [2.05, 4.69) is 4.90 Å². The molecule has 0 saturated carbocycles. The van der Waals surface area contributed by atoms with E-state index in [-0.39, 0.29) is 18.3 Å². The number of nitrogens with zero attached hydrogens (tertiary/aromatic N) is 2. The summed E-state index contributed by atoms with van der Waals surface area (Å²) in [6.07, 6.45) is -1.02. The van der Waals surface area contributed by atoms with Gasteiger partial charge >= 0.3 is 6.09 Å². The molecule has 1 atom stereocenters. The maximum Gasteiger partial charge on any atom is 0.411 e. The van der Waals surface area contributed by atoms with Crippen molar-refractivity contribution in [3.8, 4) is 0 Å². The highest BCUT2D eigenvalue weighted by atomic mass is 35.5. The van der Waals surface area contributed by atoms with Gasteiger partial charge in [0.15, 0.2) is 0 Å². The van der Waals surface area contributed by atoms with Crippen LogP contribution < -0.4 is 4.90 Å². The van der Waals surface area contributed by atoms with Crippen LogP contribution in [-0.4, -0.2) is 42.1 Å². The minimum Gasteiger partial charge on any atom is -0.465 e. The zero-order chi connectivity index (χ0) is 18.8. The van der Waals surface area contributed by atoms with E-state index in [0.717, 1.165) is 29.8 Å². The molecule has 0 unspecified atom stereocenters. The fourth-order valence-corrected chi connectivity index (χ4v) is 4.28. The quantitative estimate of drug-likeness (QED) is 0.692. The molecule has 2 aromatic rings. The number of amides is 1. The van der Waals surface area contributed by atoms with Gasteiger partial charge in [0.1, 0.15) is 0 Å². The minimum absolute atomic E-state index is 0.0340. The summed E-state index contributed by atoms with van der Waals surface area (Å²) in [7, 11) is 2.03. The van der Waals surface area contributed by atoms with E-state index >= 15 is 0 Å². The van der Waals surface area contributed by atoms with Crippen molar-refractivity contribution >= 4 is 46.6 Å². The first-order chi connectivity index (χ1) is 12.4. The van der Waals surface area contributed by atoms with Crippen LogP contribution >= 0.6 is 34.8 Å². The van der Waals surface area contributed by atoms with E-state index in [1.807, 2.05) is 37.4 Å². The summed E-state index contributed by atoms with van der Waals surface area (Å²) in [5.41, 5.74) is 3.64. The largest absolute Gasteiger partial charge is 0.465 e. The summed E-state index contributed by atoms with van der Waals surface area (Å²) in [6, 6.07) is 11.2. The van der Waals surface area contributed by atoms with Gasteiger partial charge in [-0.2, -0.15) is 0 Å². The van der Waals surface area contributed by atoms with E-state index in [0.29, 0.717) is 15.7 Å². The Morgan fingerprint density at radius 2 is 2.00 bits per heavy atom. The van der Waals surface area contributed by atoms with Crippen LogP contribution in [0.5, 0.6) is 0 Å². The van der Waals surface area contributed by atoms with Crippen molar-refractivity contribution in [2.24, 2.45) is 0 Å². The molecular formula is C19H19Cl3N2O2. The van der Waals surface area contributed by atoms with E-state index in [1.54, 1.807) is 6.07 Å². The molecule has 0 aliphatic carbocycles. The van der Waals surface area contributed by atoms with Gasteiger partial charge in [0.25, 0.3) is 0 Å². The van der Waals surface area contributed by atoms with Crippen LogP contribution in [0.2, 0.25) is 10.0 Å². The lowest BCUT2D eigenvalue weighted by Gasteiger charge is -2.35. The fourth-order valence-electron chi connectivity index (χ4n) is 3.54. The summed E-state index contributed by atoms with van der Waals surface area (Å²) >= 11 is 18.5. The average Bonchev–Trinajstić information content (AvgIpc) is 2.59. The Kier molecular flexibility index (Phi) is 5.98. The highest BCUT2D eigenvalue weighted by molar-refractivity contribution is 6.35. The van der Waals surface area contributed by atoms with Crippen LogP contribution in [0.3, 0.4) is 0 Å². The lowest BCUT2D eigenvalue weighted by molar-refractivity contribution is 0.202. The second kappa shape index (κ2) is 8.05. The molecule has 0 spiro atoms. The molecule has 0 aromatic heterocycles. The summed E-state index contributed by atoms with van der Waals surface area (Å²) in [5, 5.41) is 10.8. The van der Waals surface area contributed by atoms with Crippen molar-refractivity contribution < 1.29 is 9.90 Å². The van der Waals surface area contributed by atoms with Crippen molar-refractivity contribution in [3.05, 3.63) is 63.1 Å². The van der Waals surface area contributed by atoms with Gasteiger partial charge in [0.2, 0.25) is 0 Å². The van der Waals surface area contributed by atoms with Crippen molar-refractivity contribution in [3.63, 3.8) is 0 Å². The van der Waals surface area contributed by atoms with Crippen molar-refractivity contribution in [1.82, 2.24) is 4.90 Å². The molecular weight excluding hydrogens is 395 g/mol. The van der Waals surface area contributed by atoms with Gasteiger partial charge in [-0.25, -0.2) is 4.79 Å². The first-order valence-electron chi connectivity index (χ1n) is 8.24. The number of benzene rings is 2. The predicted molar refractivity (Wildman–Crippen MR) is 107 cm³/mol. The highest BCUT2D eigenvalue weighted by Crippen LogP contribution is 2.41. The number of carbonyl (C=O) groups is 1. The molecule has 2 aromatic carbocycles. The van der Waals surface area contributed by atoms with Crippen LogP contribution in [0, 0.1) is 0 Å². The number of fused-ring (bicyclic) bond motifs is 1. The Balaban J connectivity index is 2.15. The zero-order valence-corrected chi connectivity index (χ0v) is 16.5. The molecule has 3 rings (SSSR count). The maximum absolute atomic E-state index is 11.8. The van der Waals surface area contributed by atoms with E-state index in [4.69, 9.17) is 34.8 Å². The van der Waals surface area contributed by atoms with Gasteiger partial charge in [0, 0.05) is 41.5 Å². The Hall–Kier alpha value is -1.46. The van der Waals surface area contributed by atoms with Gasteiger partial charge in [-0.3, -0.25) is 4.90 Å². The Morgan fingerprint density at radius 1 is 1.27 bits per heavy atom. The summed E-state index contributed by atoms with van der Waals surface area (Å²) < 4.78 is 0. The zero-order valence-electron chi connectivity index (χ0n) is 14.3. The van der Waals surface area contributed by atoms with E-state index < -0.39 is 6.09 Å². The third-order valence-electron chi connectivity index (χ3n) is 4.63. The third-order valence-corrected chi connectivity index (χ3v) is 5.36. The van der Waals surface area contributed by atoms with Gasteiger partial charge < -0.3 is 10.0 Å². The van der Waals surface area contributed by atoms with Crippen LogP contribution in [-0.2, 0) is 6.54 Å². The second-order valence-electron chi connectivity index (χ2n) is 6.39. The van der Waals surface area contributed by atoms with Crippen molar-refractivity contribution in [2.75, 3.05) is 30.9 Å². The standard InChI is InChI=1S/C19H19Cl3N2O2/c1-23-10-15(14-8-12(21)9-17(22)16(14)11-23)13-4-2-3-5-18(13)24(7-6-20)19(25)26/h2-5,8-9,15H,6-7,10-11H2,1H3,(H,25,26)/t15-/m0/s1. The number of rotatable bonds is 4. The van der Waals surface area contributed by atoms with Gasteiger partial charge in [0.05, 0.1) is 5.69 Å². The molecule has 1 aliphatic heterocycles. The van der Waals surface area contributed by atoms with Gasteiger partial charge in [-0.1, -0.05) is 41.4 Å². The van der Waals surface area contributed by atoms with Crippen LogP contribution in [0.25, 0.3) is 0 Å². The van der Waals surface area contributed by atoms with Crippen LogP contribution in [0.15, 0.2) is 36.4 Å². The lowest BCUT2D eigenvalue weighted by Crippen LogP contribution is -2.35. The normalized spacial score (nSPS) is 17.0. The Labute approximate surface area is 167 Å². The molecule has 0 radical (unpaired) electrons. The van der Waals surface area contributed by atoms with Crippen molar-refractivity contribution in [2.45, 2.75) is 12.5 Å². The number of hydrogen-bond donors (Lipinski definition) is 1. The average molecular weight is 414 g/mol. The SMILES string of the molecule is CN1Cc2c(Cl)cc(Cl)cc2[C@H](c2ccccc2N(CCCl)C(=O)O)C1. The number of hydrogen-bond acceptors (Lipinski definition) is 2. The molecule has 1 heterocycles. The Morgan fingerprint density at radius 3 is 2.69 bits per heavy atom. The molecule has 138 valence electrons. The van der Waals surface area contributed by atoms with E-state index in [1.165, 1.54) is 4.90 Å². The van der Waals surface area contributed by atoms with Gasteiger partial charge in [-0.05, 0) is 41.9 Å². The van der Waals surface area contributed by atoms with Crippen molar-refractivity contribution in [1.29, 1.82) is 0 Å². The smallest absolute Gasteiger partial charge is 0.411 e. The summed E-state index contributed by atoms with van der Waals surface area (Å²) in [4.78, 5) is 15.2. The number of halogens is 3. The Bertz CT molecular complexity index is 828. The monoisotopic (exact) mass is 412 g/mol. The molecule has 7 heteroatoms. The third kappa shape index (κ3) is 3.79. The number of para-hydroxylation sites is 1. The number of likely N-dealkylation sites (N-methyl/N-ethyl adjacent to an activating group) is 1. The maximum atomic E-state index is 11.8. The second-order valence-corrected chi connectivity index (χ2v) is 7.61. The molecule has 1 N–H and O–H groups in total. The molecule has 0 saturated heterocycles. The molecule has 1 amide bonds. The number of anilines is 1. The molecule has 26 heavy (non-hydrogen) atoms. The summed E-state index contributed by atoms with van der Waals surface area (Å²) in [5.74, 6) is 0.188. The minimum atomic E-state index is -1.02. The lowest BCUT2D eigenvalue weighted by atomic mass is 9.83. The molecule has 0 fully saturated rings. The summed E-state index contributed by atoms with van der Waals surface area (Å²) in [6.45, 7) is 1.70. The first kappa shape index (κ1) is 19.3. The van der Waals surface area contributed by atoms with Crippen LogP contribution in [0.1, 0.15) is 22.6 Å². The van der Waals surface area contributed by atoms with Gasteiger partial charge in [-0.15, -0.1) is 11.6 Å². The molecule has 4 nitrogen and oxygen atoms in total. The fraction of sp³-hybridized carbons (Fsp3) is 0.316. The molecule has 0 bridgehead atoms. The number of carboxylic acid groups (broad SMARTS) is 1. The molecule has 1 aliphatic rings. The predicted octanol–water partition coefficient (Wildman–Crippen LogP) is 5.29. The highest BCUT2D eigenvalue weighted by Gasteiger charge is 2.30. The first-order valence-corrected chi connectivity index (χ1v) is 9.53. The van der Waals surface area contributed by atoms with Crippen LogP contribution in [0.4, 0.5) is 10.5 Å².